The minimum absolute atomic E-state index is 0.324. The molecule has 1 rings (SSSR count). The molecule has 4 heteroatoms. The molecule has 1 N–H and O–H groups in total. The molecule has 0 radical (unpaired) electrons. The van der Waals surface area contributed by atoms with Crippen LogP contribution in [0.1, 0.15) is 65.7 Å². The van der Waals surface area contributed by atoms with Gasteiger partial charge in [0, 0.05) is 18.1 Å². The Morgan fingerprint density at radius 2 is 2.00 bits per heavy atom. The van der Waals surface area contributed by atoms with E-state index in [4.69, 9.17) is 0 Å². The highest BCUT2D eigenvalue weighted by Gasteiger charge is 2.36. The molecule has 1 fully saturated rings. The highest BCUT2D eigenvalue weighted by atomic mass is 32.2. The maximum absolute atomic E-state index is 11.3. The Balaban J connectivity index is 2.62. The normalized spacial score (nSPS) is 24.5. The predicted octanol–water partition coefficient (Wildman–Crippen LogP) is 3.40. The first-order valence-electron chi connectivity index (χ1n) is 8.17. The molecule has 2 unspecified atom stereocenters. The van der Waals surface area contributed by atoms with E-state index in [9.17, 15) is 8.42 Å². The zero-order valence-corrected chi connectivity index (χ0v) is 14.6. The molecule has 0 aromatic rings. The lowest BCUT2D eigenvalue weighted by Crippen LogP contribution is -2.45. The smallest absolute Gasteiger partial charge is 0.147 e. The van der Waals surface area contributed by atoms with Crippen molar-refractivity contribution in [3.05, 3.63) is 0 Å². The first-order valence-corrected chi connectivity index (χ1v) is 10.2. The molecular weight excluding hydrogens is 270 g/mol. The predicted molar refractivity (Wildman–Crippen MR) is 86.8 cm³/mol. The lowest BCUT2D eigenvalue weighted by atomic mass is 9.65. The molecule has 2 atom stereocenters. The average molecular weight is 304 g/mol. The molecule has 3 nitrogen and oxygen atoms in total. The summed E-state index contributed by atoms with van der Waals surface area (Å²) in [6.07, 6.45) is 9.49. The lowest BCUT2D eigenvalue weighted by Gasteiger charge is -2.43. The van der Waals surface area contributed by atoms with Gasteiger partial charge >= 0.3 is 0 Å². The van der Waals surface area contributed by atoms with Gasteiger partial charge in [-0.05, 0) is 50.0 Å². The number of nitrogens with one attached hydrogen (secondary N) is 1. The van der Waals surface area contributed by atoms with Gasteiger partial charge < -0.3 is 5.32 Å². The van der Waals surface area contributed by atoms with Crippen LogP contribution in [-0.4, -0.2) is 33.0 Å². The molecule has 0 amide bonds. The van der Waals surface area contributed by atoms with Crippen LogP contribution < -0.4 is 5.32 Å². The van der Waals surface area contributed by atoms with Gasteiger partial charge in [0.15, 0.2) is 0 Å². The Hall–Kier alpha value is -0.0900. The summed E-state index contributed by atoms with van der Waals surface area (Å²) >= 11 is 0. The van der Waals surface area contributed by atoms with E-state index in [1.54, 1.807) is 0 Å². The summed E-state index contributed by atoms with van der Waals surface area (Å²) in [5.41, 5.74) is 0.384. The molecule has 0 aromatic carbocycles. The van der Waals surface area contributed by atoms with Crippen molar-refractivity contribution >= 4 is 9.84 Å². The van der Waals surface area contributed by atoms with Crippen molar-refractivity contribution in [1.29, 1.82) is 0 Å². The summed E-state index contributed by atoms with van der Waals surface area (Å²) in [4.78, 5) is 0. The van der Waals surface area contributed by atoms with Crippen LogP contribution in [0.3, 0.4) is 0 Å². The number of rotatable bonds is 8. The minimum Gasteiger partial charge on any atom is -0.314 e. The summed E-state index contributed by atoms with van der Waals surface area (Å²) in [5.74, 6) is 1.01. The van der Waals surface area contributed by atoms with Crippen LogP contribution >= 0.6 is 0 Å². The van der Waals surface area contributed by atoms with Gasteiger partial charge in [0.2, 0.25) is 0 Å². The first kappa shape index (κ1) is 18.0. The third kappa shape index (κ3) is 6.13. The zero-order valence-electron chi connectivity index (χ0n) is 13.7. The van der Waals surface area contributed by atoms with Crippen LogP contribution in [0.25, 0.3) is 0 Å². The zero-order chi connectivity index (χ0) is 15.2. The van der Waals surface area contributed by atoms with Crippen LogP contribution in [0.5, 0.6) is 0 Å². The van der Waals surface area contributed by atoms with Gasteiger partial charge in [-0.1, -0.05) is 33.6 Å². The van der Waals surface area contributed by atoms with E-state index in [1.807, 2.05) is 0 Å². The van der Waals surface area contributed by atoms with E-state index < -0.39 is 9.84 Å². The van der Waals surface area contributed by atoms with Crippen LogP contribution in [0, 0.1) is 11.3 Å². The fraction of sp³-hybridized carbons (Fsp3) is 1.00. The van der Waals surface area contributed by atoms with E-state index in [0.29, 0.717) is 23.1 Å². The van der Waals surface area contributed by atoms with Gasteiger partial charge in [0.05, 0.1) is 0 Å². The largest absolute Gasteiger partial charge is 0.314 e. The lowest BCUT2D eigenvalue weighted by molar-refractivity contribution is 0.0944. The van der Waals surface area contributed by atoms with Crippen molar-refractivity contribution < 1.29 is 8.42 Å². The van der Waals surface area contributed by atoms with Gasteiger partial charge in [-0.15, -0.1) is 0 Å². The van der Waals surface area contributed by atoms with Crippen molar-refractivity contribution in [2.45, 2.75) is 71.8 Å². The molecule has 1 aliphatic carbocycles. The first-order chi connectivity index (χ1) is 9.26. The second-order valence-electron chi connectivity index (χ2n) is 7.17. The molecule has 0 heterocycles. The number of hydrogen-bond donors (Lipinski definition) is 1. The van der Waals surface area contributed by atoms with Crippen molar-refractivity contribution in [3.63, 3.8) is 0 Å². The van der Waals surface area contributed by atoms with Crippen molar-refractivity contribution in [2.75, 3.05) is 18.6 Å². The molecule has 0 aliphatic heterocycles. The van der Waals surface area contributed by atoms with Gasteiger partial charge in [-0.3, -0.25) is 0 Å². The van der Waals surface area contributed by atoms with E-state index in [2.05, 4.69) is 26.1 Å². The summed E-state index contributed by atoms with van der Waals surface area (Å²) in [6.45, 7) is 7.99. The van der Waals surface area contributed by atoms with Crippen LogP contribution in [-0.2, 0) is 9.84 Å². The van der Waals surface area contributed by atoms with Gasteiger partial charge in [-0.25, -0.2) is 8.42 Å². The Morgan fingerprint density at radius 1 is 1.30 bits per heavy atom. The summed E-state index contributed by atoms with van der Waals surface area (Å²) in [7, 11) is -2.83. The van der Waals surface area contributed by atoms with Crippen LogP contribution in [0.2, 0.25) is 0 Å². The Kier molecular flexibility index (Phi) is 6.99. The third-order valence-corrected chi connectivity index (χ3v) is 5.79. The van der Waals surface area contributed by atoms with Crippen molar-refractivity contribution in [1.82, 2.24) is 5.32 Å². The van der Waals surface area contributed by atoms with Crippen molar-refractivity contribution in [2.24, 2.45) is 11.3 Å². The molecule has 1 aliphatic rings. The highest BCUT2D eigenvalue weighted by Crippen LogP contribution is 2.43. The maximum Gasteiger partial charge on any atom is 0.147 e. The molecular formula is C16H33NO2S. The SMILES string of the molecule is CCCNC(CCCS(C)(=O)=O)C1CCCCC1(C)C. The molecule has 0 aromatic heterocycles. The van der Waals surface area contributed by atoms with Crippen LogP contribution in [0.4, 0.5) is 0 Å². The van der Waals surface area contributed by atoms with E-state index >= 15 is 0 Å². The number of hydrogen-bond acceptors (Lipinski definition) is 3. The summed E-state index contributed by atoms with van der Waals surface area (Å²) in [6, 6.07) is 0.479. The maximum atomic E-state index is 11.3. The van der Waals surface area contributed by atoms with E-state index in [0.717, 1.165) is 25.8 Å². The Bertz CT molecular complexity index is 376. The van der Waals surface area contributed by atoms with Gasteiger partial charge in [0.1, 0.15) is 9.84 Å². The number of sulfone groups is 1. The van der Waals surface area contributed by atoms with E-state index in [-0.39, 0.29) is 0 Å². The monoisotopic (exact) mass is 303 g/mol. The van der Waals surface area contributed by atoms with Crippen LogP contribution in [0.15, 0.2) is 0 Å². The Morgan fingerprint density at radius 3 is 2.55 bits per heavy atom. The molecule has 120 valence electrons. The second kappa shape index (κ2) is 7.79. The minimum atomic E-state index is -2.83. The van der Waals surface area contributed by atoms with Crippen molar-refractivity contribution in [3.8, 4) is 0 Å². The molecule has 0 bridgehead atoms. The van der Waals surface area contributed by atoms with Gasteiger partial charge in [-0.2, -0.15) is 0 Å². The second-order valence-corrected chi connectivity index (χ2v) is 9.43. The summed E-state index contributed by atoms with van der Waals surface area (Å²) < 4.78 is 22.6. The van der Waals surface area contributed by atoms with E-state index in [1.165, 1.54) is 31.9 Å². The summed E-state index contributed by atoms with van der Waals surface area (Å²) in [5, 5.41) is 3.69. The molecule has 0 saturated heterocycles. The average Bonchev–Trinajstić information content (AvgIpc) is 2.32. The van der Waals surface area contributed by atoms with Gasteiger partial charge in [0.25, 0.3) is 0 Å². The third-order valence-electron chi connectivity index (χ3n) is 4.76. The molecule has 0 spiro atoms. The molecule has 20 heavy (non-hydrogen) atoms. The fourth-order valence-electron chi connectivity index (χ4n) is 3.61. The standard InChI is InChI=1S/C16H33NO2S/c1-5-12-17-15(10-8-13-20(4,18)19)14-9-6-7-11-16(14,2)3/h14-15,17H,5-13H2,1-4H3. The molecule has 1 saturated carbocycles. The Labute approximate surface area is 125 Å². The topological polar surface area (TPSA) is 46.2 Å². The fourth-order valence-corrected chi connectivity index (χ4v) is 4.30. The quantitative estimate of drug-likeness (QED) is 0.747. The highest BCUT2D eigenvalue weighted by molar-refractivity contribution is 7.90.